The zero-order chi connectivity index (χ0) is 18.0. The second kappa shape index (κ2) is 7.29. The van der Waals surface area contributed by atoms with Gasteiger partial charge in [0.1, 0.15) is 17.9 Å². The van der Waals surface area contributed by atoms with Gasteiger partial charge < -0.3 is 21.1 Å². The molecule has 3 amide bonds. The maximum atomic E-state index is 12.7. The Kier molecular flexibility index (Phi) is 5.58. The van der Waals surface area contributed by atoms with Crippen LogP contribution in [-0.2, 0) is 19.2 Å². The predicted molar refractivity (Wildman–Crippen MR) is 84.4 cm³/mol. The van der Waals surface area contributed by atoms with Crippen molar-refractivity contribution >= 4 is 23.5 Å². The van der Waals surface area contributed by atoms with E-state index in [4.69, 9.17) is 5.73 Å². The number of Topliss-reactive ketones (excluding diaryl/α,β-unsaturated/α-hetero) is 1. The van der Waals surface area contributed by atoms with Gasteiger partial charge in [-0.2, -0.15) is 0 Å². The van der Waals surface area contributed by atoms with Crippen molar-refractivity contribution in [3.8, 4) is 0 Å². The van der Waals surface area contributed by atoms with E-state index < -0.39 is 41.8 Å². The molecule has 8 heteroatoms. The van der Waals surface area contributed by atoms with Gasteiger partial charge in [-0.05, 0) is 25.7 Å². The maximum Gasteiger partial charge on any atom is 0.248 e. The van der Waals surface area contributed by atoms with Gasteiger partial charge in [0.05, 0.1) is 6.10 Å². The molecule has 2 fully saturated rings. The molecule has 1 aliphatic carbocycles. The van der Waals surface area contributed by atoms with E-state index in [1.807, 2.05) is 6.92 Å². The lowest BCUT2D eigenvalue weighted by atomic mass is 9.96. The molecule has 1 saturated heterocycles. The van der Waals surface area contributed by atoms with E-state index in [1.165, 1.54) is 11.8 Å². The van der Waals surface area contributed by atoms with Gasteiger partial charge in [0, 0.05) is 25.3 Å². The van der Waals surface area contributed by atoms with E-state index in [9.17, 15) is 24.3 Å². The molecule has 0 bridgehead atoms. The fourth-order valence-electron chi connectivity index (χ4n) is 3.54. The highest BCUT2D eigenvalue weighted by Gasteiger charge is 2.41. The number of nitrogens with two attached hydrogens (primary N) is 1. The number of primary amides is 1. The van der Waals surface area contributed by atoms with Gasteiger partial charge in [0.15, 0.2) is 0 Å². The minimum Gasteiger partial charge on any atom is -0.391 e. The van der Waals surface area contributed by atoms with Crippen molar-refractivity contribution in [2.24, 2.45) is 17.6 Å². The molecule has 0 aromatic rings. The molecule has 0 aromatic carbocycles. The third-order valence-electron chi connectivity index (χ3n) is 4.93. The smallest absolute Gasteiger partial charge is 0.248 e. The predicted octanol–water partition coefficient (Wildman–Crippen LogP) is -1.06. The Bertz CT molecular complexity index is 548. The van der Waals surface area contributed by atoms with Gasteiger partial charge >= 0.3 is 0 Å². The van der Waals surface area contributed by atoms with E-state index >= 15 is 0 Å². The zero-order valence-electron chi connectivity index (χ0n) is 14.0. The van der Waals surface area contributed by atoms with Crippen LogP contribution in [0.5, 0.6) is 0 Å². The number of carbonyl (C=O) groups excluding carboxylic acids is 4. The van der Waals surface area contributed by atoms with Crippen molar-refractivity contribution in [3.05, 3.63) is 0 Å². The highest BCUT2D eigenvalue weighted by atomic mass is 16.3. The van der Waals surface area contributed by atoms with Crippen LogP contribution in [-0.4, -0.2) is 58.2 Å². The molecular weight excluding hydrogens is 314 g/mol. The van der Waals surface area contributed by atoms with Crippen LogP contribution < -0.4 is 11.1 Å². The lowest BCUT2D eigenvalue weighted by Gasteiger charge is -2.30. The summed E-state index contributed by atoms with van der Waals surface area (Å²) in [6, 6.07) is -1.86. The van der Waals surface area contributed by atoms with Crippen LogP contribution in [0, 0.1) is 11.8 Å². The van der Waals surface area contributed by atoms with E-state index in [0.29, 0.717) is 25.8 Å². The van der Waals surface area contributed by atoms with Gasteiger partial charge in [-0.3, -0.25) is 19.2 Å². The Labute approximate surface area is 140 Å². The van der Waals surface area contributed by atoms with Crippen molar-refractivity contribution in [2.75, 3.05) is 6.54 Å². The number of likely N-dealkylation sites (tertiary alicyclic amines) is 1. The summed E-state index contributed by atoms with van der Waals surface area (Å²) in [7, 11) is 0. The van der Waals surface area contributed by atoms with Crippen LogP contribution in [0.4, 0.5) is 0 Å². The lowest BCUT2D eigenvalue weighted by Crippen LogP contribution is -2.57. The number of rotatable bonds is 5. The Balaban J connectivity index is 2.09. The van der Waals surface area contributed by atoms with Crippen LogP contribution in [0.2, 0.25) is 0 Å². The Morgan fingerprint density at radius 1 is 1.33 bits per heavy atom. The van der Waals surface area contributed by atoms with Gasteiger partial charge in [0.25, 0.3) is 0 Å². The van der Waals surface area contributed by atoms with E-state index in [-0.39, 0.29) is 18.1 Å². The Morgan fingerprint density at radius 2 is 2.00 bits per heavy atom. The first kappa shape index (κ1) is 18.4. The minimum atomic E-state index is -1.15. The van der Waals surface area contributed by atoms with Crippen LogP contribution in [0.3, 0.4) is 0 Å². The second-order valence-electron chi connectivity index (χ2n) is 6.85. The molecule has 8 nitrogen and oxygen atoms in total. The molecule has 2 aliphatic rings. The standard InChI is InChI=1S/C16H25N3O5/c1-8-6-10(21)7-11(8)15(23)18-13(9(2)20)16(24)19-5-3-4-12(19)14(17)22/h8-9,11-13,20H,3-7H2,1-2H3,(H2,17,22)(H,18,23)/t8-,9?,11+,12+,13+/m1/s1. The lowest BCUT2D eigenvalue weighted by molar-refractivity contribution is -0.143. The fourth-order valence-corrected chi connectivity index (χ4v) is 3.54. The number of ketones is 1. The van der Waals surface area contributed by atoms with E-state index in [2.05, 4.69) is 5.32 Å². The Hall–Kier alpha value is -1.96. The summed E-state index contributed by atoms with van der Waals surface area (Å²) >= 11 is 0. The number of aliphatic hydroxyl groups is 1. The van der Waals surface area contributed by atoms with Crippen LogP contribution >= 0.6 is 0 Å². The normalized spacial score (nSPS) is 29.4. The molecule has 0 spiro atoms. The molecule has 4 N–H and O–H groups in total. The number of nitrogens with zero attached hydrogens (tertiary/aromatic N) is 1. The number of hydrogen-bond acceptors (Lipinski definition) is 5. The summed E-state index contributed by atoms with van der Waals surface area (Å²) in [5, 5.41) is 12.5. The molecule has 24 heavy (non-hydrogen) atoms. The first-order valence-electron chi connectivity index (χ1n) is 8.32. The first-order chi connectivity index (χ1) is 11.2. The topological polar surface area (TPSA) is 130 Å². The van der Waals surface area contributed by atoms with Crippen molar-refractivity contribution in [1.82, 2.24) is 10.2 Å². The summed E-state index contributed by atoms with van der Waals surface area (Å²) in [6.45, 7) is 3.59. The molecule has 2 rings (SSSR count). The average molecular weight is 339 g/mol. The van der Waals surface area contributed by atoms with Crippen LogP contribution in [0.25, 0.3) is 0 Å². The van der Waals surface area contributed by atoms with E-state index in [0.717, 1.165) is 0 Å². The van der Waals surface area contributed by atoms with Crippen LogP contribution in [0.1, 0.15) is 39.5 Å². The third-order valence-corrected chi connectivity index (χ3v) is 4.93. The SMILES string of the molecule is CC(O)[C@H](NC(=O)[C@H]1CC(=O)C[C@H]1C)C(=O)N1CCC[C@H]1C(N)=O. The molecule has 1 unspecified atom stereocenters. The molecule has 1 aliphatic heterocycles. The summed E-state index contributed by atoms with van der Waals surface area (Å²) in [5.41, 5.74) is 5.32. The van der Waals surface area contributed by atoms with Crippen molar-refractivity contribution in [3.63, 3.8) is 0 Å². The summed E-state index contributed by atoms with van der Waals surface area (Å²) < 4.78 is 0. The number of hydrogen-bond donors (Lipinski definition) is 3. The average Bonchev–Trinajstić information content (AvgIpc) is 3.09. The third kappa shape index (κ3) is 3.75. The van der Waals surface area contributed by atoms with Crippen molar-refractivity contribution < 1.29 is 24.3 Å². The number of amides is 3. The van der Waals surface area contributed by atoms with Gasteiger partial charge in [0.2, 0.25) is 17.7 Å². The fraction of sp³-hybridized carbons (Fsp3) is 0.750. The van der Waals surface area contributed by atoms with Gasteiger partial charge in [-0.15, -0.1) is 0 Å². The molecule has 0 aromatic heterocycles. The number of nitrogens with one attached hydrogen (secondary N) is 1. The van der Waals surface area contributed by atoms with Gasteiger partial charge in [-0.25, -0.2) is 0 Å². The number of aliphatic hydroxyl groups excluding tert-OH is 1. The summed E-state index contributed by atoms with van der Waals surface area (Å²) in [5.74, 6) is -2.08. The second-order valence-corrected chi connectivity index (χ2v) is 6.85. The Morgan fingerprint density at radius 3 is 2.50 bits per heavy atom. The number of carbonyl (C=O) groups is 4. The minimum absolute atomic E-state index is 0.0240. The molecule has 1 saturated carbocycles. The zero-order valence-corrected chi connectivity index (χ0v) is 14.0. The summed E-state index contributed by atoms with van der Waals surface area (Å²) in [6.07, 6.45) is 0.509. The highest BCUT2D eigenvalue weighted by Crippen LogP contribution is 2.29. The van der Waals surface area contributed by atoms with Crippen molar-refractivity contribution in [1.29, 1.82) is 0 Å². The molecule has 0 radical (unpaired) electrons. The molecular formula is C16H25N3O5. The maximum absolute atomic E-state index is 12.7. The van der Waals surface area contributed by atoms with E-state index in [1.54, 1.807) is 0 Å². The molecule has 5 atom stereocenters. The first-order valence-corrected chi connectivity index (χ1v) is 8.32. The largest absolute Gasteiger partial charge is 0.391 e. The molecule has 134 valence electrons. The monoisotopic (exact) mass is 339 g/mol. The van der Waals surface area contributed by atoms with Gasteiger partial charge in [-0.1, -0.05) is 6.92 Å². The van der Waals surface area contributed by atoms with Crippen LogP contribution in [0.15, 0.2) is 0 Å². The van der Waals surface area contributed by atoms with Crippen molar-refractivity contribution in [2.45, 2.75) is 57.7 Å². The highest BCUT2D eigenvalue weighted by molar-refractivity contribution is 5.95. The summed E-state index contributed by atoms with van der Waals surface area (Å²) in [4.78, 5) is 49.4. The quantitative estimate of drug-likeness (QED) is 0.588. The molecule has 1 heterocycles.